The zero-order valence-electron chi connectivity index (χ0n) is 16.0. The minimum atomic E-state index is -0.111. The lowest BCUT2D eigenvalue weighted by Gasteiger charge is -2.30. The van der Waals surface area contributed by atoms with Gasteiger partial charge in [-0.3, -0.25) is 9.59 Å². The van der Waals surface area contributed by atoms with Gasteiger partial charge in [-0.1, -0.05) is 0 Å². The van der Waals surface area contributed by atoms with Crippen LogP contribution >= 0.6 is 0 Å². The van der Waals surface area contributed by atoms with Crippen molar-refractivity contribution in [1.29, 1.82) is 0 Å². The quantitative estimate of drug-likeness (QED) is 0.837. The lowest BCUT2D eigenvalue weighted by molar-refractivity contribution is -0.114. The van der Waals surface area contributed by atoms with E-state index in [1.54, 1.807) is 48.5 Å². The number of rotatable bonds is 5. The van der Waals surface area contributed by atoms with Crippen LogP contribution in [0, 0.1) is 5.92 Å². The molecule has 2 aromatic rings. The number of carbonyl (C=O) groups excluding carboxylic acids is 2. The topological polar surface area (TPSA) is 70.7 Å². The van der Waals surface area contributed by atoms with Gasteiger partial charge in [0.05, 0.1) is 0 Å². The van der Waals surface area contributed by atoms with Crippen LogP contribution in [0.15, 0.2) is 48.5 Å². The summed E-state index contributed by atoms with van der Waals surface area (Å²) in [5.41, 5.74) is 1.36. The first kappa shape index (κ1) is 18.5. The number of nitrogens with zero attached hydrogens (tertiary/aromatic N) is 1. The Labute approximate surface area is 164 Å². The van der Waals surface area contributed by atoms with E-state index >= 15 is 0 Å². The average molecular weight is 379 g/mol. The highest BCUT2D eigenvalue weighted by molar-refractivity contribution is 5.94. The smallest absolute Gasteiger partial charge is 0.251 e. The fourth-order valence-electron chi connectivity index (χ4n) is 4.05. The van der Waals surface area contributed by atoms with Crippen molar-refractivity contribution in [3.8, 4) is 11.5 Å². The van der Waals surface area contributed by atoms with E-state index in [1.807, 2.05) is 0 Å². The zero-order chi connectivity index (χ0) is 19.5. The van der Waals surface area contributed by atoms with Crippen LogP contribution in [-0.4, -0.2) is 42.4 Å². The molecule has 2 heterocycles. The lowest BCUT2D eigenvalue weighted by Crippen LogP contribution is -2.46. The van der Waals surface area contributed by atoms with Gasteiger partial charge in [-0.25, -0.2) is 0 Å². The van der Waals surface area contributed by atoms with Gasteiger partial charge in [-0.2, -0.15) is 0 Å². The molecule has 2 aliphatic heterocycles. The molecular formula is C22H25N3O3. The first-order valence-electron chi connectivity index (χ1n) is 9.74. The molecule has 0 spiro atoms. The van der Waals surface area contributed by atoms with Gasteiger partial charge in [0.15, 0.2) is 0 Å². The predicted molar refractivity (Wildman–Crippen MR) is 108 cm³/mol. The average Bonchev–Trinajstić information content (AvgIpc) is 3.02. The summed E-state index contributed by atoms with van der Waals surface area (Å²) in [4.78, 5) is 26.0. The van der Waals surface area contributed by atoms with Gasteiger partial charge >= 0.3 is 0 Å². The molecule has 2 bridgehead atoms. The molecule has 0 saturated carbocycles. The fourth-order valence-corrected chi connectivity index (χ4v) is 4.05. The number of anilines is 1. The molecule has 2 amide bonds. The Morgan fingerprint density at radius 2 is 1.68 bits per heavy atom. The van der Waals surface area contributed by atoms with E-state index < -0.39 is 0 Å². The van der Waals surface area contributed by atoms with E-state index in [1.165, 1.54) is 19.9 Å². The molecule has 28 heavy (non-hydrogen) atoms. The van der Waals surface area contributed by atoms with E-state index in [0.29, 0.717) is 17.1 Å². The van der Waals surface area contributed by atoms with E-state index in [9.17, 15) is 9.59 Å². The summed E-state index contributed by atoms with van der Waals surface area (Å²) in [6.07, 6.45) is 2.34. The van der Waals surface area contributed by atoms with Crippen LogP contribution in [0.1, 0.15) is 30.1 Å². The van der Waals surface area contributed by atoms with Crippen molar-refractivity contribution >= 4 is 17.5 Å². The highest BCUT2D eigenvalue weighted by atomic mass is 16.5. The van der Waals surface area contributed by atoms with Crippen molar-refractivity contribution in [3.63, 3.8) is 0 Å². The van der Waals surface area contributed by atoms with Crippen molar-refractivity contribution in [2.45, 2.75) is 25.8 Å². The number of hydrogen-bond acceptors (Lipinski definition) is 4. The Balaban J connectivity index is 1.33. The van der Waals surface area contributed by atoms with Crippen molar-refractivity contribution in [3.05, 3.63) is 54.1 Å². The Hall–Kier alpha value is -2.86. The van der Waals surface area contributed by atoms with E-state index in [-0.39, 0.29) is 17.9 Å². The third kappa shape index (κ3) is 4.51. The summed E-state index contributed by atoms with van der Waals surface area (Å²) in [5, 5.41) is 5.89. The largest absolute Gasteiger partial charge is 0.457 e. The standard InChI is InChI=1S/C22H25N3O3/c1-15(26)23-18-4-8-21(9-5-18)28-20-6-2-17(3-7-20)22(27)24-19-12-16-10-11-25(13-16)14-19/h2-9,16,19H,10-14H2,1H3,(H,23,26)(H,24,27). The van der Waals surface area contributed by atoms with Crippen LogP contribution in [0.4, 0.5) is 5.69 Å². The minimum absolute atomic E-state index is 0.0290. The second-order valence-electron chi connectivity index (χ2n) is 7.65. The van der Waals surface area contributed by atoms with Gasteiger partial charge in [0.2, 0.25) is 5.91 Å². The maximum atomic E-state index is 12.5. The summed E-state index contributed by atoms with van der Waals surface area (Å²) in [6.45, 7) is 4.77. The van der Waals surface area contributed by atoms with Crippen LogP contribution in [0.3, 0.4) is 0 Å². The second kappa shape index (κ2) is 8.02. The maximum absolute atomic E-state index is 12.5. The molecule has 146 valence electrons. The highest BCUT2D eigenvalue weighted by Gasteiger charge is 2.32. The number of nitrogens with one attached hydrogen (secondary N) is 2. The van der Waals surface area contributed by atoms with Gasteiger partial charge in [-0.15, -0.1) is 0 Å². The summed E-state index contributed by atoms with van der Waals surface area (Å²) in [7, 11) is 0. The van der Waals surface area contributed by atoms with Crippen LogP contribution in [0.2, 0.25) is 0 Å². The van der Waals surface area contributed by atoms with E-state index in [0.717, 1.165) is 31.1 Å². The van der Waals surface area contributed by atoms with Crippen molar-refractivity contribution in [2.75, 3.05) is 25.0 Å². The summed E-state index contributed by atoms with van der Waals surface area (Å²) in [6, 6.07) is 14.6. The predicted octanol–water partition coefficient (Wildman–Crippen LogP) is 3.26. The monoisotopic (exact) mass is 379 g/mol. The number of amides is 2. The van der Waals surface area contributed by atoms with Crippen molar-refractivity contribution in [1.82, 2.24) is 10.2 Å². The van der Waals surface area contributed by atoms with Gasteiger partial charge in [0.1, 0.15) is 11.5 Å². The molecular weight excluding hydrogens is 354 g/mol. The molecule has 0 aromatic heterocycles. The zero-order valence-corrected chi connectivity index (χ0v) is 16.0. The van der Waals surface area contributed by atoms with Gasteiger partial charge in [0, 0.05) is 37.3 Å². The highest BCUT2D eigenvalue weighted by Crippen LogP contribution is 2.27. The summed E-state index contributed by atoms with van der Waals surface area (Å²) in [5.74, 6) is 1.91. The summed E-state index contributed by atoms with van der Waals surface area (Å²) >= 11 is 0. The Bertz CT molecular complexity index is 836. The normalized spacial score (nSPS) is 23.1. The lowest BCUT2D eigenvalue weighted by atomic mass is 9.96. The second-order valence-corrected chi connectivity index (χ2v) is 7.65. The fraction of sp³-hybridized carbons (Fsp3) is 0.364. The number of benzene rings is 2. The van der Waals surface area contributed by atoms with Crippen LogP contribution < -0.4 is 15.4 Å². The number of carbonyl (C=O) groups is 2. The molecule has 6 nitrogen and oxygen atoms in total. The number of hydrogen-bond donors (Lipinski definition) is 2. The van der Waals surface area contributed by atoms with Crippen LogP contribution in [0.25, 0.3) is 0 Å². The minimum Gasteiger partial charge on any atom is -0.457 e. The molecule has 0 aliphatic carbocycles. The molecule has 2 aromatic carbocycles. The molecule has 4 rings (SSSR count). The Morgan fingerprint density at radius 1 is 1.00 bits per heavy atom. The number of ether oxygens (including phenoxy) is 1. The molecule has 0 radical (unpaired) electrons. The number of piperidine rings is 1. The van der Waals surface area contributed by atoms with E-state index in [4.69, 9.17) is 4.74 Å². The first-order chi connectivity index (χ1) is 13.5. The Kier molecular flexibility index (Phi) is 5.30. The van der Waals surface area contributed by atoms with Gasteiger partial charge in [-0.05, 0) is 73.8 Å². The molecule has 6 heteroatoms. The third-order valence-electron chi connectivity index (χ3n) is 5.33. The molecule has 3 atom stereocenters. The third-order valence-corrected chi connectivity index (χ3v) is 5.33. The maximum Gasteiger partial charge on any atom is 0.251 e. The van der Waals surface area contributed by atoms with Crippen LogP contribution in [-0.2, 0) is 4.79 Å². The van der Waals surface area contributed by atoms with Crippen LogP contribution in [0.5, 0.6) is 11.5 Å². The van der Waals surface area contributed by atoms with Gasteiger partial charge in [0.25, 0.3) is 5.91 Å². The first-order valence-corrected chi connectivity index (χ1v) is 9.74. The molecule has 2 fully saturated rings. The molecule has 2 saturated heterocycles. The molecule has 3 unspecified atom stereocenters. The number of fused-ring (bicyclic) bond motifs is 2. The Morgan fingerprint density at radius 3 is 2.32 bits per heavy atom. The van der Waals surface area contributed by atoms with Crippen molar-refractivity contribution < 1.29 is 14.3 Å². The summed E-state index contributed by atoms with van der Waals surface area (Å²) < 4.78 is 5.81. The van der Waals surface area contributed by atoms with Crippen molar-refractivity contribution in [2.24, 2.45) is 5.92 Å². The molecule has 2 aliphatic rings. The van der Waals surface area contributed by atoms with Gasteiger partial charge < -0.3 is 20.3 Å². The van der Waals surface area contributed by atoms with E-state index in [2.05, 4.69) is 15.5 Å². The molecule has 2 N–H and O–H groups in total. The SMILES string of the molecule is CC(=O)Nc1ccc(Oc2ccc(C(=O)NC3CC4CCN(C4)C3)cc2)cc1.